The molecular formula is C14H33IN4. The van der Waals surface area contributed by atoms with E-state index >= 15 is 0 Å². The summed E-state index contributed by atoms with van der Waals surface area (Å²) >= 11 is 0. The first-order valence-electron chi connectivity index (χ1n) is 7.36. The van der Waals surface area contributed by atoms with Gasteiger partial charge in [0.15, 0.2) is 5.96 Å². The second-order valence-corrected chi connectivity index (χ2v) is 5.24. The van der Waals surface area contributed by atoms with Crippen LogP contribution in [0, 0.1) is 5.92 Å². The summed E-state index contributed by atoms with van der Waals surface area (Å²) in [6.07, 6.45) is 3.58. The summed E-state index contributed by atoms with van der Waals surface area (Å²) < 4.78 is 0. The van der Waals surface area contributed by atoms with E-state index in [1.54, 1.807) is 0 Å². The van der Waals surface area contributed by atoms with Gasteiger partial charge in [0, 0.05) is 13.1 Å². The fourth-order valence-electron chi connectivity index (χ4n) is 1.82. The maximum atomic E-state index is 5.78. The molecule has 5 heteroatoms. The molecule has 0 aliphatic heterocycles. The van der Waals surface area contributed by atoms with Gasteiger partial charge in [-0.15, -0.1) is 24.0 Å². The van der Waals surface area contributed by atoms with Crippen LogP contribution < -0.4 is 11.1 Å². The zero-order valence-electron chi connectivity index (χ0n) is 13.1. The third-order valence-electron chi connectivity index (χ3n) is 2.66. The van der Waals surface area contributed by atoms with Gasteiger partial charge < -0.3 is 16.0 Å². The number of hydrogen-bond acceptors (Lipinski definition) is 2. The molecule has 0 aliphatic carbocycles. The number of rotatable bonds is 10. The predicted octanol–water partition coefficient (Wildman–Crippen LogP) is 2.68. The quantitative estimate of drug-likeness (QED) is 0.264. The number of nitrogens with one attached hydrogen (secondary N) is 1. The van der Waals surface area contributed by atoms with Crippen LogP contribution >= 0.6 is 24.0 Å². The normalized spacial score (nSPS) is 11.8. The summed E-state index contributed by atoms with van der Waals surface area (Å²) in [5.74, 6) is 1.15. The van der Waals surface area contributed by atoms with Crippen molar-refractivity contribution in [1.29, 1.82) is 0 Å². The van der Waals surface area contributed by atoms with Crippen LogP contribution in [0.25, 0.3) is 0 Å². The molecule has 0 aromatic heterocycles. The first kappa shape index (κ1) is 21.3. The van der Waals surface area contributed by atoms with Crippen LogP contribution in [0.2, 0.25) is 0 Å². The molecule has 0 spiro atoms. The molecule has 0 radical (unpaired) electrons. The van der Waals surface area contributed by atoms with E-state index in [0.29, 0.717) is 11.9 Å². The summed E-state index contributed by atoms with van der Waals surface area (Å²) in [5.41, 5.74) is 5.78. The maximum absolute atomic E-state index is 5.78. The van der Waals surface area contributed by atoms with Crippen LogP contribution in [0.15, 0.2) is 4.99 Å². The van der Waals surface area contributed by atoms with Gasteiger partial charge in [-0.3, -0.25) is 4.99 Å². The van der Waals surface area contributed by atoms with Crippen molar-refractivity contribution in [3.05, 3.63) is 0 Å². The second-order valence-electron chi connectivity index (χ2n) is 5.24. The fraction of sp³-hybridized carbons (Fsp3) is 0.929. The van der Waals surface area contributed by atoms with Crippen LogP contribution in [0.1, 0.15) is 47.0 Å². The van der Waals surface area contributed by atoms with E-state index < -0.39 is 0 Å². The molecule has 116 valence electrons. The van der Waals surface area contributed by atoms with Crippen LogP contribution in [0.4, 0.5) is 0 Å². The Morgan fingerprint density at radius 3 is 2.21 bits per heavy atom. The van der Waals surface area contributed by atoms with E-state index in [0.717, 1.165) is 26.1 Å². The van der Waals surface area contributed by atoms with Gasteiger partial charge in [-0.1, -0.05) is 27.7 Å². The lowest BCUT2D eigenvalue weighted by atomic mass is 10.2. The Balaban J connectivity index is 0. The molecule has 0 rings (SSSR count). The van der Waals surface area contributed by atoms with Crippen LogP contribution in [0.5, 0.6) is 0 Å². The highest BCUT2D eigenvalue weighted by molar-refractivity contribution is 14.0. The lowest BCUT2D eigenvalue weighted by Crippen LogP contribution is -2.35. The Morgan fingerprint density at radius 1 is 1.16 bits per heavy atom. The van der Waals surface area contributed by atoms with Gasteiger partial charge in [0.1, 0.15) is 0 Å². The van der Waals surface area contributed by atoms with Gasteiger partial charge in [-0.05, 0) is 44.8 Å². The van der Waals surface area contributed by atoms with E-state index in [2.05, 4.69) is 42.9 Å². The molecule has 0 unspecified atom stereocenters. The predicted molar refractivity (Wildman–Crippen MR) is 96.4 cm³/mol. The summed E-state index contributed by atoms with van der Waals surface area (Å²) in [6, 6.07) is 0. The standard InChI is InChI=1S/C14H32N4.HI/c1-5-9-18(10-6-2)11-7-8-16-14(15)17-12-13(3)4;/h13H,5-12H2,1-4H3,(H3,15,16,17);1H. The molecule has 0 bridgehead atoms. The average Bonchev–Trinajstić information content (AvgIpc) is 2.32. The maximum Gasteiger partial charge on any atom is 0.188 e. The summed E-state index contributed by atoms with van der Waals surface area (Å²) in [7, 11) is 0. The van der Waals surface area contributed by atoms with E-state index in [4.69, 9.17) is 5.73 Å². The minimum absolute atomic E-state index is 0. The minimum Gasteiger partial charge on any atom is -0.370 e. The number of nitrogens with zero attached hydrogens (tertiary/aromatic N) is 2. The molecule has 0 saturated heterocycles. The van der Waals surface area contributed by atoms with Crippen LogP contribution in [-0.2, 0) is 0 Å². The van der Waals surface area contributed by atoms with Gasteiger partial charge in [-0.2, -0.15) is 0 Å². The molecule has 0 aromatic rings. The molecule has 3 N–H and O–H groups in total. The molecular weight excluding hydrogens is 351 g/mol. The zero-order valence-corrected chi connectivity index (χ0v) is 15.4. The molecule has 0 fully saturated rings. The second kappa shape index (κ2) is 14.4. The largest absolute Gasteiger partial charge is 0.370 e. The molecule has 0 heterocycles. The topological polar surface area (TPSA) is 53.6 Å². The molecule has 0 atom stereocenters. The molecule has 0 amide bonds. The Bertz CT molecular complexity index is 213. The highest BCUT2D eigenvalue weighted by Crippen LogP contribution is 1.95. The van der Waals surface area contributed by atoms with Crippen molar-refractivity contribution < 1.29 is 0 Å². The van der Waals surface area contributed by atoms with Crippen LogP contribution in [0.3, 0.4) is 0 Å². The van der Waals surface area contributed by atoms with Crippen LogP contribution in [-0.4, -0.2) is 43.6 Å². The molecule has 4 nitrogen and oxygen atoms in total. The summed E-state index contributed by atoms with van der Waals surface area (Å²) in [4.78, 5) is 6.80. The highest BCUT2D eigenvalue weighted by atomic mass is 127. The first-order valence-corrected chi connectivity index (χ1v) is 7.36. The monoisotopic (exact) mass is 384 g/mol. The minimum atomic E-state index is 0. The summed E-state index contributed by atoms with van der Waals surface area (Å²) in [5, 5.41) is 3.18. The third-order valence-corrected chi connectivity index (χ3v) is 2.66. The van der Waals surface area contributed by atoms with Crippen molar-refractivity contribution in [2.24, 2.45) is 16.6 Å². The fourth-order valence-corrected chi connectivity index (χ4v) is 1.82. The first-order chi connectivity index (χ1) is 8.60. The number of aliphatic imine (C=N–C) groups is 1. The Hall–Kier alpha value is -0.0400. The van der Waals surface area contributed by atoms with Gasteiger partial charge in [0.2, 0.25) is 0 Å². The van der Waals surface area contributed by atoms with Crippen molar-refractivity contribution in [1.82, 2.24) is 10.2 Å². The number of nitrogens with two attached hydrogens (primary N) is 1. The van der Waals surface area contributed by atoms with Gasteiger partial charge in [-0.25, -0.2) is 0 Å². The Kier molecular flexibility index (Phi) is 16.1. The van der Waals surface area contributed by atoms with Gasteiger partial charge >= 0.3 is 0 Å². The van der Waals surface area contributed by atoms with E-state index in [1.807, 2.05) is 0 Å². The number of hydrogen-bond donors (Lipinski definition) is 2. The third kappa shape index (κ3) is 14.2. The zero-order chi connectivity index (χ0) is 13.8. The van der Waals surface area contributed by atoms with Crippen molar-refractivity contribution in [3.8, 4) is 0 Å². The highest BCUT2D eigenvalue weighted by Gasteiger charge is 2.01. The average molecular weight is 384 g/mol. The molecule has 19 heavy (non-hydrogen) atoms. The van der Waals surface area contributed by atoms with Crippen molar-refractivity contribution in [2.45, 2.75) is 47.0 Å². The molecule has 0 saturated carbocycles. The summed E-state index contributed by atoms with van der Waals surface area (Å²) in [6.45, 7) is 14.0. The lowest BCUT2D eigenvalue weighted by molar-refractivity contribution is 0.272. The molecule has 0 aliphatic rings. The number of guanidine groups is 1. The Labute approximate surface area is 136 Å². The van der Waals surface area contributed by atoms with Crippen molar-refractivity contribution in [2.75, 3.05) is 32.7 Å². The van der Waals surface area contributed by atoms with E-state index in [9.17, 15) is 0 Å². The van der Waals surface area contributed by atoms with E-state index in [-0.39, 0.29) is 24.0 Å². The Morgan fingerprint density at radius 2 is 1.74 bits per heavy atom. The SMILES string of the molecule is CCCN(CCC)CCCNC(N)=NCC(C)C.I. The smallest absolute Gasteiger partial charge is 0.188 e. The van der Waals surface area contributed by atoms with E-state index in [1.165, 1.54) is 25.9 Å². The van der Waals surface area contributed by atoms with Gasteiger partial charge in [0.05, 0.1) is 0 Å². The lowest BCUT2D eigenvalue weighted by Gasteiger charge is -2.20. The van der Waals surface area contributed by atoms with Gasteiger partial charge in [0.25, 0.3) is 0 Å². The van der Waals surface area contributed by atoms with Crippen molar-refractivity contribution >= 4 is 29.9 Å². The number of halogens is 1. The molecule has 0 aromatic carbocycles. The van der Waals surface area contributed by atoms with Crippen molar-refractivity contribution in [3.63, 3.8) is 0 Å².